The van der Waals surface area contributed by atoms with Gasteiger partial charge in [-0.3, -0.25) is 0 Å². The lowest BCUT2D eigenvalue weighted by molar-refractivity contribution is 0.631. The number of nitrogens with zero attached hydrogens (tertiary/aromatic N) is 1. The molecular weight excluding hydrogens is 401 g/mol. The average molecular weight is 422 g/mol. The summed E-state index contributed by atoms with van der Waals surface area (Å²) < 4.78 is 14.6. The van der Waals surface area contributed by atoms with E-state index in [1.54, 1.807) is 12.1 Å². The minimum atomic E-state index is -0.346. The van der Waals surface area contributed by atoms with E-state index in [0.717, 1.165) is 18.7 Å². The number of anilines is 2. The van der Waals surface area contributed by atoms with Crippen LogP contribution in [0.4, 0.5) is 15.8 Å². The standard InChI is InChI=1S/C19H21BrFN3S/c1-13(14-4-7-16(8-5-14)24-10-2-3-11-24)22-19(25)23-18-9-6-15(20)12-17(18)21/h4-9,12-13H,2-3,10-11H2,1H3,(H2,22,23,25)/t13-/m0/s1. The summed E-state index contributed by atoms with van der Waals surface area (Å²) in [6, 6.07) is 13.4. The van der Waals surface area contributed by atoms with Crippen molar-refractivity contribution in [1.29, 1.82) is 0 Å². The van der Waals surface area contributed by atoms with Gasteiger partial charge in [0, 0.05) is 23.2 Å². The SMILES string of the molecule is C[C@H](NC(=S)Nc1ccc(Br)cc1F)c1ccc(N2CCCC2)cc1. The summed E-state index contributed by atoms with van der Waals surface area (Å²) in [5, 5.41) is 6.51. The summed E-state index contributed by atoms with van der Waals surface area (Å²) in [5.41, 5.74) is 2.77. The number of nitrogens with one attached hydrogen (secondary N) is 2. The third kappa shape index (κ3) is 4.70. The summed E-state index contributed by atoms with van der Waals surface area (Å²) in [7, 11) is 0. The molecule has 1 saturated heterocycles. The van der Waals surface area contributed by atoms with Crippen LogP contribution in [0.15, 0.2) is 46.9 Å². The highest BCUT2D eigenvalue weighted by atomic mass is 79.9. The van der Waals surface area contributed by atoms with E-state index in [0.29, 0.717) is 15.3 Å². The number of hydrogen-bond donors (Lipinski definition) is 2. The molecule has 0 unspecified atom stereocenters. The van der Waals surface area contributed by atoms with Crippen LogP contribution in [0.1, 0.15) is 31.4 Å². The summed E-state index contributed by atoms with van der Waals surface area (Å²) in [6.45, 7) is 4.32. The fourth-order valence-electron chi connectivity index (χ4n) is 2.98. The summed E-state index contributed by atoms with van der Waals surface area (Å²) in [6.07, 6.45) is 2.54. The molecule has 1 fully saturated rings. The zero-order chi connectivity index (χ0) is 17.8. The molecule has 3 rings (SSSR count). The van der Waals surface area contributed by atoms with E-state index >= 15 is 0 Å². The van der Waals surface area contributed by atoms with E-state index in [1.807, 2.05) is 6.92 Å². The second-order valence-electron chi connectivity index (χ2n) is 6.23. The fraction of sp³-hybridized carbons (Fsp3) is 0.316. The molecule has 0 amide bonds. The van der Waals surface area contributed by atoms with Crippen LogP contribution in [-0.2, 0) is 0 Å². The van der Waals surface area contributed by atoms with Gasteiger partial charge >= 0.3 is 0 Å². The van der Waals surface area contributed by atoms with E-state index in [9.17, 15) is 4.39 Å². The minimum absolute atomic E-state index is 0.0335. The molecule has 0 spiro atoms. The van der Waals surface area contributed by atoms with E-state index in [2.05, 4.69) is 55.7 Å². The van der Waals surface area contributed by atoms with Gasteiger partial charge in [-0.05, 0) is 67.9 Å². The molecule has 1 heterocycles. The molecule has 0 radical (unpaired) electrons. The van der Waals surface area contributed by atoms with Gasteiger partial charge in [-0.1, -0.05) is 28.1 Å². The van der Waals surface area contributed by atoms with Crippen molar-refractivity contribution in [3.05, 3.63) is 58.3 Å². The quantitative estimate of drug-likeness (QED) is 0.660. The monoisotopic (exact) mass is 421 g/mol. The van der Waals surface area contributed by atoms with Crippen LogP contribution in [-0.4, -0.2) is 18.2 Å². The number of rotatable bonds is 4. The molecule has 3 nitrogen and oxygen atoms in total. The van der Waals surface area contributed by atoms with Gasteiger partial charge in [-0.25, -0.2) is 4.39 Å². The maximum Gasteiger partial charge on any atom is 0.171 e. The first-order valence-electron chi connectivity index (χ1n) is 8.40. The molecule has 2 N–H and O–H groups in total. The van der Waals surface area contributed by atoms with Gasteiger partial charge in [0.05, 0.1) is 11.7 Å². The van der Waals surface area contributed by atoms with Crippen molar-refractivity contribution < 1.29 is 4.39 Å². The van der Waals surface area contributed by atoms with Crippen LogP contribution >= 0.6 is 28.1 Å². The Labute approximate surface area is 161 Å². The lowest BCUT2D eigenvalue weighted by Gasteiger charge is -2.20. The van der Waals surface area contributed by atoms with Gasteiger partial charge in [0.15, 0.2) is 5.11 Å². The smallest absolute Gasteiger partial charge is 0.171 e. The summed E-state index contributed by atoms with van der Waals surface area (Å²) >= 11 is 8.55. The molecular formula is C19H21BrFN3S. The van der Waals surface area contributed by atoms with Crippen molar-refractivity contribution in [2.45, 2.75) is 25.8 Å². The highest BCUT2D eigenvalue weighted by Gasteiger charge is 2.13. The second kappa shape index (κ2) is 8.15. The van der Waals surface area contributed by atoms with Crippen molar-refractivity contribution >= 4 is 44.6 Å². The minimum Gasteiger partial charge on any atom is -0.372 e. The molecule has 0 aromatic heterocycles. The maximum absolute atomic E-state index is 13.9. The second-order valence-corrected chi connectivity index (χ2v) is 7.55. The Morgan fingerprint density at radius 2 is 1.84 bits per heavy atom. The van der Waals surface area contributed by atoms with Crippen molar-refractivity contribution in [2.75, 3.05) is 23.3 Å². The van der Waals surface area contributed by atoms with E-state index in [4.69, 9.17) is 12.2 Å². The van der Waals surface area contributed by atoms with Gasteiger partial charge in [0.1, 0.15) is 5.82 Å². The van der Waals surface area contributed by atoms with Gasteiger partial charge in [0.25, 0.3) is 0 Å². The maximum atomic E-state index is 13.9. The normalized spacial score (nSPS) is 15.1. The predicted octanol–water partition coefficient (Wildman–Crippen LogP) is 5.24. The Morgan fingerprint density at radius 3 is 2.48 bits per heavy atom. The van der Waals surface area contributed by atoms with Crippen molar-refractivity contribution in [1.82, 2.24) is 5.32 Å². The Bertz CT molecular complexity index is 745. The molecule has 2 aromatic rings. The molecule has 2 aromatic carbocycles. The zero-order valence-corrected chi connectivity index (χ0v) is 16.5. The molecule has 0 bridgehead atoms. The van der Waals surface area contributed by atoms with E-state index in [-0.39, 0.29) is 11.9 Å². The molecule has 1 aliphatic rings. The average Bonchev–Trinajstić information content (AvgIpc) is 3.12. The third-order valence-electron chi connectivity index (χ3n) is 4.39. The Morgan fingerprint density at radius 1 is 1.16 bits per heavy atom. The van der Waals surface area contributed by atoms with Crippen molar-refractivity contribution in [3.63, 3.8) is 0 Å². The van der Waals surface area contributed by atoms with Crippen LogP contribution in [0.2, 0.25) is 0 Å². The zero-order valence-electron chi connectivity index (χ0n) is 14.1. The topological polar surface area (TPSA) is 27.3 Å². The molecule has 6 heteroatoms. The van der Waals surface area contributed by atoms with E-state index < -0.39 is 0 Å². The largest absolute Gasteiger partial charge is 0.372 e. The Hall–Kier alpha value is -1.66. The van der Waals surface area contributed by atoms with Crippen molar-refractivity contribution in [2.24, 2.45) is 0 Å². The number of hydrogen-bond acceptors (Lipinski definition) is 2. The number of thiocarbonyl (C=S) groups is 1. The molecule has 1 aliphatic heterocycles. The first-order chi connectivity index (χ1) is 12.0. The van der Waals surface area contributed by atoms with Gasteiger partial charge in [-0.2, -0.15) is 0 Å². The molecule has 0 aliphatic carbocycles. The van der Waals surface area contributed by atoms with Gasteiger partial charge in [0.2, 0.25) is 0 Å². The Balaban J connectivity index is 1.59. The van der Waals surface area contributed by atoms with Crippen LogP contribution in [0.3, 0.4) is 0 Å². The van der Waals surface area contributed by atoms with E-state index in [1.165, 1.54) is 24.6 Å². The van der Waals surface area contributed by atoms with Crippen LogP contribution in [0.5, 0.6) is 0 Å². The molecule has 132 valence electrons. The first kappa shape index (κ1) is 18.1. The van der Waals surface area contributed by atoms with Crippen molar-refractivity contribution in [3.8, 4) is 0 Å². The lowest BCUT2D eigenvalue weighted by atomic mass is 10.1. The molecule has 1 atom stereocenters. The fourth-order valence-corrected chi connectivity index (χ4v) is 3.60. The summed E-state index contributed by atoms with van der Waals surface area (Å²) in [4.78, 5) is 2.41. The third-order valence-corrected chi connectivity index (χ3v) is 5.10. The lowest BCUT2D eigenvalue weighted by Crippen LogP contribution is -2.31. The number of halogens is 2. The summed E-state index contributed by atoms with van der Waals surface area (Å²) in [5.74, 6) is -0.346. The first-order valence-corrected chi connectivity index (χ1v) is 9.60. The van der Waals surface area contributed by atoms with Gasteiger partial charge in [-0.15, -0.1) is 0 Å². The highest BCUT2D eigenvalue weighted by Crippen LogP contribution is 2.23. The Kier molecular flexibility index (Phi) is 5.91. The molecule has 0 saturated carbocycles. The predicted molar refractivity (Wildman–Crippen MR) is 110 cm³/mol. The van der Waals surface area contributed by atoms with Gasteiger partial charge < -0.3 is 15.5 Å². The van der Waals surface area contributed by atoms with Crippen LogP contribution in [0, 0.1) is 5.82 Å². The molecule has 25 heavy (non-hydrogen) atoms. The van der Waals surface area contributed by atoms with Crippen LogP contribution in [0.25, 0.3) is 0 Å². The highest BCUT2D eigenvalue weighted by molar-refractivity contribution is 9.10. The number of benzene rings is 2. The van der Waals surface area contributed by atoms with Crippen LogP contribution < -0.4 is 15.5 Å².